The zero-order chi connectivity index (χ0) is 16.2. The Labute approximate surface area is 134 Å². The second kappa shape index (κ2) is 6.68. The summed E-state index contributed by atoms with van der Waals surface area (Å²) >= 11 is 0. The van der Waals surface area contributed by atoms with Crippen molar-refractivity contribution in [3.05, 3.63) is 30.3 Å². The van der Waals surface area contributed by atoms with Crippen molar-refractivity contribution in [1.82, 2.24) is 15.5 Å². The number of carbonyl (C=O) groups is 3. The summed E-state index contributed by atoms with van der Waals surface area (Å²) < 4.78 is 0. The standard InChI is InChI=1S/C16H20N4O3/c21-14(11-13-15(22)18-16(23)17-13)20-8-4-7-19(9-10-20)12-5-2-1-3-6-12/h1-3,5-6,13H,4,7-11H2,(H2,17,18,22,23)/t13-/m0/s1. The van der Waals surface area contributed by atoms with E-state index >= 15 is 0 Å². The average Bonchev–Trinajstić information content (AvgIpc) is 2.76. The highest BCUT2D eigenvalue weighted by Crippen LogP contribution is 2.16. The molecule has 2 N–H and O–H groups in total. The van der Waals surface area contributed by atoms with Crippen LogP contribution in [-0.2, 0) is 9.59 Å². The van der Waals surface area contributed by atoms with Crippen LogP contribution in [0.1, 0.15) is 12.8 Å². The molecular weight excluding hydrogens is 296 g/mol. The molecule has 2 aliphatic rings. The lowest BCUT2D eigenvalue weighted by atomic mass is 10.2. The van der Waals surface area contributed by atoms with Crippen LogP contribution in [0, 0.1) is 0 Å². The van der Waals surface area contributed by atoms with Crippen LogP contribution in [0.15, 0.2) is 30.3 Å². The summed E-state index contributed by atoms with van der Waals surface area (Å²) in [5.41, 5.74) is 1.16. The molecule has 7 heteroatoms. The maximum atomic E-state index is 12.4. The molecule has 2 aliphatic heterocycles. The summed E-state index contributed by atoms with van der Waals surface area (Å²) in [6, 6.07) is 8.85. The molecule has 7 nitrogen and oxygen atoms in total. The molecule has 2 heterocycles. The fourth-order valence-electron chi connectivity index (χ4n) is 2.97. The molecule has 122 valence electrons. The summed E-state index contributed by atoms with van der Waals surface area (Å²) in [6.45, 7) is 2.95. The summed E-state index contributed by atoms with van der Waals surface area (Å²) in [5, 5.41) is 4.61. The normalized spacial score (nSPS) is 21.7. The molecule has 0 bridgehead atoms. The van der Waals surface area contributed by atoms with Crippen LogP contribution in [0.3, 0.4) is 0 Å². The van der Waals surface area contributed by atoms with Crippen LogP contribution in [0.25, 0.3) is 0 Å². The van der Waals surface area contributed by atoms with Gasteiger partial charge in [-0.2, -0.15) is 0 Å². The lowest BCUT2D eigenvalue weighted by molar-refractivity contribution is -0.133. The number of benzene rings is 1. The molecule has 4 amide bonds. The molecule has 3 rings (SSSR count). The molecule has 0 spiro atoms. The van der Waals surface area contributed by atoms with Gasteiger partial charge in [-0.3, -0.25) is 14.9 Å². The minimum atomic E-state index is -0.747. The van der Waals surface area contributed by atoms with E-state index in [9.17, 15) is 14.4 Å². The molecule has 0 aliphatic carbocycles. The van der Waals surface area contributed by atoms with Gasteiger partial charge in [-0.15, -0.1) is 0 Å². The number of nitrogens with one attached hydrogen (secondary N) is 2. The number of urea groups is 1. The third-order valence-electron chi connectivity index (χ3n) is 4.21. The van der Waals surface area contributed by atoms with Gasteiger partial charge in [0, 0.05) is 31.9 Å². The number of hydrogen-bond acceptors (Lipinski definition) is 4. The molecule has 1 aromatic carbocycles. The van der Waals surface area contributed by atoms with Crippen molar-refractivity contribution in [2.45, 2.75) is 18.9 Å². The molecule has 23 heavy (non-hydrogen) atoms. The monoisotopic (exact) mass is 316 g/mol. The summed E-state index contributed by atoms with van der Waals surface area (Å²) in [4.78, 5) is 39.1. The minimum Gasteiger partial charge on any atom is -0.370 e. The Morgan fingerprint density at radius 2 is 1.87 bits per heavy atom. The first kappa shape index (κ1) is 15.3. The van der Waals surface area contributed by atoms with Crippen molar-refractivity contribution < 1.29 is 14.4 Å². The molecule has 1 aromatic rings. The predicted octanol–water partition coefficient (Wildman–Crippen LogP) is 0.323. The summed E-state index contributed by atoms with van der Waals surface area (Å²) in [7, 11) is 0. The van der Waals surface area contributed by atoms with Crippen LogP contribution in [0.2, 0.25) is 0 Å². The first-order chi connectivity index (χ1) is 11.1. The van der Waals surface area contributed by atoms with Crippen molar-refractivity contribution >= 4 is 23.5 Å². The quantitative estimate of drug-likeness (QED) is 0.787. The van der Waals surface area contributed by atoms with Crippen LogP contribution in [0.4, 0.5) is 10.5 Å². The van der Waals surface area contributed by atoms with Crippen molar-refractivity contribution in [3.8, 4) is 0 Å². The van der Waals surface area contributed by atoms with E-state index in [0.717, 1.165) is 25.2 Å². The smallest absolute Gasteiger partial charge is 0.322 e. The first-order valence-electron chi connectivity index (χ1n) is 7.82. The van der Waals surface area contributed by atoms with E-state index in [1.54, 1.807) is 4.90 Å². The largest absolute Gasteiger partial charge is 0.370 e. The minimum absolute atomic E-state index is 0.0168. The second-order valence-electron chi connectivity index (χ2n) is 5.78. The number of rotatable bonds is 3. The Hall–Kier alpha value is -2.57. The van der Waals surface area contributed by atoms with Gasteiger partial charge in [-0.05, 0) is 18.6 Å². The Morgan fingerprint density at radius 1 is 1.09 bits per heavy atom. The predicted molar refractivity (Wildman–Crippen MR) is 84.9 cm³/mol. The molecule has 2 fully saturated rings. The van der Waals surface area contributed by atoms with E-state index in [0.29, 0.717) is 13.1 Å². The first-order valence-corrected chi connectivity index (χ1v) is 7.82. The van der Waals surface area contributed by atoms with Gasteiger partial charge in [0.1, 0.15) is 6.04 Å². The van der Waals surface area contributed by atoms with Crippen molar-refractivity contribution in [2.24, 2.45) is 0 Å². The lowest BCUT2D eigenvalue weighted by Crippen LogP contribution is -2.40. The topological polar surface area (TPSA) is 81.8 Å². The Morgan fingerprint density at radius 3 is 2.57 bits per heavy atom. The fraction of sp³-hybridized carbons (Fsp3) is 0.438. The van der Waals surface area contributed by atoms with Crippen LogP contribution >= 0.6 is 0 Å². The van der Waals surface area contributed by atoms with Gasteiger partial charge in [-0.1, -0.05) is 18.2 Å². The molecule has 0 unspecified atom stereocenters. The average molecular weight is 316 g/mol. The number of carbonyl (C=O) groups excluding carboxylic acids is 3. The molecular formula is C16H20N4O3. The number of para-hydroxylation sites is 1. The van der Waals surface area contributed by atoms with Gasteiger partial charge in [0.15, 0.2) is 0 Å². The van der Waals surface area contributed by atoms with E-state index in [1.807, 2.05) is 18.2 Å². The van der Waals surface area contributed by atoms with E-state index in [4.69, 9.17) is 0 Å². The van der Waals surface area contributed by atoms with E-state index in [2.05, 4.69) is 27.7 Å². The van der Waals surface area contributed by atoms with Gasteiger partial charge in [0.2, 0.25) is 5.91 Å². The highest BCUT2D eigenvalue weighted by Gasteiger charge is 2.32. The van der Waals surface area contributed by atoms with E-state index < -0.39 is 18.0 Å². The number of nitrogens with zero attached hydrogens (tertiary/aromatic N) is 2. The van der Waals surface area contributed by atoms with Gasteiger partial charge in [-0.25, -0.2) is 4.79 Å². The van der Waals surface area contributed by atoms with Crippen LogP contribution in [0.5, 0.6) is 0 Å². The fourth-order valence-corrected chi connectivity index (χ4v) is 2.97. The molecule has 2 saturated heterocycles. The van der Waals surface area contributed by atoms with Gasteiger partial charge >= 0.3 is 6.03 Å². The number of imide groups is 1. The third kappa shape index (κ3) is 3.61. The van der Waals surface area contributed by atoms with Gasteiger partial charge in [0.25, 0.3) is 5.91 Å². The van der Waals surface area contributed by atoms with Crippen LogP contribution in [-0.4, -0.2) is 55.0 Å². The Kier molecular flexibility index (Phi) is 4.45. The molecule has 0 saturated carbocycles. The van der Waals surface area contributed by atoms with E-state index in [1.165, 1.54) is 0 Å². The van der Waals surface area contributed by atoms with Gasteiger partial charge < -0.3 is 15.1 Å². The number of amides is 4. The summed E-state index contributed by atoms with van der Waals surface area (Å²) in [5.74, 6) is -0.522. The molecule has 0 aromatic heterocycles. The number of anilines is 1. The van der Waals surface area contributed by atoms with Crippen molar-refractivity contribution in [3.63, 3.8) is 0 Å². The zero-order valence-corrected chi connectivity index (χ0v) is 12.8. The zero-order valence-electron chi connectivity index (χ0n) is 12.8. The summed E-state index contributed by atoms with van der Waals surface area (Å²) in [6.07, 6.45) is 0.896. The highest BCUT2D eigenvalue weighted by molar-refractivity contribution is 6.05. The maximum absolute atomic E-state index is 12.4. The highest BCUT2D eigenvalue weighted by atomic mass is 16.2. The van der Waals surface area contributed by atoms with Crippen molar-refractivity contribution in [1.29, 1.82) is 0 Å². The Balaban J connectivity index is 1.56. The van der Waals surface area contributed by atoms with Gasteiger partial charge in [0.05, 0.1) is 6.42 Å². The van der Waals surface area contributed by atoms with Crippen molar-refractivity contribution in [2.75, 3.05) is 31.1 Å². The third-order valence-corrected chi connectivity index (χ3v) is 4.21. The second-order valence-corrected chi connectivity index (χ2v) is 5.78. The lowest BCUT2D eigenvalue weighted by Gasteiger charge is -2.24. The SMILES string of the molecule is O=C1NC(=O)[C@H](CC(=O)N2CCCN(c3ccccc3)CC2)N1. The van der Waals surface area contributed by atoms with Crippen LogP contribution < -0.4 is 15.5 Å². The van der Waals surface area contributed by atoms with E-state index in [-0.39, 0.29) is 12.3 Å². The molecule has 1 atom stereocenters. The molecule has 0 radical (unpaired) electrons. The number of hydrogen-bond donors (Lipinski definition) is 2. The Bertz CT molecular complexity index is 605. The maximum Gasteiger partial charge on any atom is 0.322 e.